The van der Waals surface area contributed by atoms with Gasteiger partial charge in [0.2, 0.25) is 5.91 Å². The van der Waals surface area contributed by atoms with Crippen molar-refractivity contribution >= 4 is 23.4 Å². The number of pyridine rings is 1. The minimum absolute atomic E-state index is 0.0921. The van der Waals surface area contributed by atoms with E-state index < -0.39 is 6.03 Å². The van der Waals surface area contributed by atoms with Crippen LogP contribution in [0.15, 0.2) is 48.9 Å². The minimum atomic E-state index is -0.431. The van der Waals surface area contributed by atoms with Crippen LogP contribution in [0.1, 0.15) is 31.0 Å². The van der Waals surface area contributed by atoms with E-state index in [9.17, 15) is 9.59 Å². The standard InChI is InChI=1S/C27H33N7O3/c1-18-12-20(7-9-23(18)37-17-27(3)10-5-11-34(27)25(35)16-28-4)22-14-29-15-24(32-22)33-26(36)31-21-8-6-19(2)30-13-21/h6-9,12-15,28H,5,10-11,16-17H2,1-4H3,(H2,31,32,33,36)/t27-/m0/s1. The number of carbonyl (C=O) groups is 2. The SMILES string of the molecule is CNCC(=O)N1CCC[C@@]1(C)COc1ccc(-c2cncc(NC(=O)Nc3ccc(C)nc3)n2)cc1C. The molecule has 10 heteroatoms. The fourth-order valence-electron chi connectivity index (χ4n) is 4.43. The molecule has 0 aliphatic carbocycles. The van der Waals surface area contributed by atoms with Gasteiger partial charge in [-0.05, 0) is 76.6 Å². The van der Waals surface area contributed by atoms with Crippen LogP contribution in [0.2, 0.25) is 0 Å². The van der Waals surface area contributed by atoms with E-state index in [-0.39, 0.29) is 11.4 Å². The number of nitrogens with one attached hydrogen (secondary N) is 3. The highest BCUT2D eigenvalue weighted by Gasteiger charge is 2.40. The number of aromatic nitrogens is 3. The van der Waals surface area contributed by atoms with Gasteiger partial charge in [0, 0.05) is 17.8 Å². The molecule has 0 saturated carbocycles. The van der Waals surface area contributed by atoms with Crippen molar-refractivity contribution in [3.63, 3.8) is 0 Å². The van der Waals surface area contributed by atoms with Gasteiger partial charge in [-0.1, -0.05) is 0 Å². The van der Waals surface area contributed by atoms with Crippen LogP contribution in [-0.4, -0.2) is 64.1 Å². The summed E-state index contributed by atoms with van der Waals surface area (Å²) in [7, 11) is 1.78. The zero-order valence-corrected chi connectivity index (χ0v) is 21.7. The third-order valence-corrected chi connectivity index (χ3v) is 6.43. The Kier molecular flexibility index (Phi) is 7.98. The number of hydrogen-bond acceptors (Lipinski definition) is 7. The Hall–Kier alpha value is -4.05. The van der Waals surface area contributed by atoms with Crippen LogP contribution in [-0.2, 0) is 4.79 Å². The number of likely N-dealkylation sites (tertiary alicyclic amines) is 1. The summed E-state index contributed by atoms with van der Waals surface area (Å²) in [5.74, 6) is 1.18. The molecular formula is C27H33N7O3. The van der Waals surface area contributed by atoms with Crippen molar-refractivity contribution in [2.45, 2.75) is 39.2 Å². The Balaban J connectivity index is 1.40. The van der Waals surface area contributed by atoms with Crippen LogP contribution in [0.25, 0.3) is 11.3 Å². The van der Waals surface area contributed by atoms with Crippen molar-refractivity contribution < 1.29 is 14.3 Å². The second-order valence-electron chi connectivity index (χ2n) is 9.50. The lowest BCUT2D eigenvalue weighted by molar-refractivity contribution is -0.134. The number of benzene rings is 1. The molecule has 1 atom stereocenters. The summed E-state index contributed by atoms with van der Waals surface area (Å²) in [6.45, 7) is 7.43. The molecule has 0 unspecified atom stereocenters. The van der Waals surface area contributed by atoms with Gasteiger partial charge in [0.15, 0.2) is 5.82 Å². The Labute approximate surface area is 216 Å². The molecule has 3 aromatic rings. The normalized spacial score (nSPS) is 16.9. The average Bonchev–Trinajstić information content (AvgIpc) is 3.26. The molecule has 3 heterocycles. The molecule has 3 amide bonds. The summed E-state index contributed by atoms with van der Waals surface area (Å²) in [4.78, 5) is 39.7. The zero-order chi connectivity index (χ0) is 26.4. The molecule has 1 aliphatic heterocycles. The van der Waals surface area contributed by atoms with Crippen molar-refractivity contribution in [1.82, 2.24) is 25.2 Å². The fourth-order valence-corrected chi connectivity index (χ4v) is 4.43. The maximum absolute atomic E-state index is 12.5. The van der Waals surface area contributed by atoms with E-state index in [1.54, 1.807) is 25.5 Å². The number of hydrogen-bond donors (Lipinski definition) is 3. The van der Waals surface area contributed by atoms with E-state index in [0.29, 0.717) is 30.4 Å². The number of ether oxygens (including phenoxy) is 1. The van der Waals surface area contributed by atoms with Gasteiger partial charge in [-0.2, -0.15) is 0 Å². The van der Waals surface area contributed by atoms with Crippen LogP contribution in [0.3, 0.4) is 0 Å². The Morgan fingerprint density at radius 1 is 1.11 bits per heavy atom. The zero-order valence-electron chi connectivity index (χ0n) is 21.7. The number of rotatable bonds is 8. The predicted molar refractivity (Wildman–Crippen MR) is 143 cm³/mol. The maximum Gasteiger partial charge on any atom is 0.324 e. The molecule has 1 aromatic carbocycles. The highest BCUT2D eigenvalue weighted by molar-refractivity contribution is 5.99. The first-order valence-electron chi connectivity index (χ1n) is 12.3. The van der Waals surface area contributed by atoms with Gasteiger partial charge in [-0.3, -0.25) is 20.1 Å². The average molecular weight is 504 g/mol. The van der Waals surface area contributed by atoms with Crippen LogP contribution in [0.4, 0.5) is 16.3 Å². The molecule has 1 aliphatic rings. The second kappa shape index (κ2) is 11.3. The van der Waals surface area contributed by atoms with Crippen LogP contribution < -0.4 is 20.7 Å². The molecule has 0 radical (unpaired) electrons. The van der Waals surface area contributed by atoms with Crippen molar-refractivity contribution in [3.8, 4) is 17.0 Å². The van der Waals surface area contributed by atoms with Crippen LogP contribution in [0, 0.1) is 13.8 Å². The van der Waals surface area contributed by atoms with Gasteiger partial charge in [0.25, 0.3) is 0 Å². The summed E-state index contributed by atoms with van der Waals surface area (Å²) in [6.07, 6.45) is 6.60. The van der Waals surface area contributed by atoms with Gasteiger partial charge in [0.05, 0.1) is 42.1 Å². The molecule has 10 nitrogen and oxygen atoms in total. The van der Waals surface area contributed by atoms with Gasteiger partial charge in [-0.15, -0.1) is 0 Å². The molecule has 3 N–H and O–H groups in total. The summed E-state index contributed by atoms with van der Waals surface area (Å²) in [6, 6.07) is 8.96. The lowest BCUT2D eigenvalue weighted by atomic mass is 10.00. The molecule has 0 spiro atoms. The second-order valence-corrected chi connectivity index (χ2v) is 9.50. The Bertz CT molecular complexity index is 1270. The summed E-state index contributed by atoms with van der Waals surface area (Å²) in [5.41, 5.74) is 3.53. The monoisotopic (exact) mass is 503 g/mol. The number of carbonyl (C=O) groups excluding carboxylic acids is 2. The van der Waals surface area contributed by atoms with E-state index in [2.05, 4.69) is 37.8 Å². The third kappa shape index (κ3) is 6.39. The van der Waals surface area contributed by atoms with Crippen molar-refractivity contribution in [1.29, 1.82) is 0 Å². The van der Waals surface area contributed by atoms with E-state index in [4.69, 9.17) is 4.74 Å². The number of anilines is 2. The summed E-state index contributed by atoms with van der Waals surface area (Å²) in [5, 5.41) is 8.37. The highest BCUT2D eigenvalue weighted by atomic mass is 16.5. The molecule has 4 rings (SSSR count). The highest BCUT2D eigenvalue weighted by Crippen LogP contribution is 2.31. The smallest absolute Gasteiger partial charge is 0.324 e. The van der Waals surface area contributed by atoms with Crippen molar-refractivity contribution in [3.05, 3.63) is 60.2 Å². The lowest BCUT2D eigenvalue weighted by Gasteiger charge is -2.35. The molecule has 37 heavy (non-hydrogen) atoms. The van der Waals surface area contributed by atoms with Gasteiger partial charge < -0.3 is 20.3 Å². The first-order chi connectivity index (χ1) is 17.8. The Morgan fingerprint density at radius 3 is 2.68 bits per heavy atom. The molecule has 2 aromatic heterocycles. The van der Waals surface area contributed by atoms with E-state index in [1.165, 1.54) is 6.20 Å². The number of urea groups is 1. The minimum Gasteiger partial charge on any atom is -0.491 e. The molecular weight excluding hydrogens is 470 g/mol. The van der Waals surface area contributed by atoms with Crippen molar-refractivity contribution in [2.75, 3.05) is 37.4 Å². The first-order valence-corrected chi connectivity index (χ1v) is 12.3. The summed E-state index contributed by atoms with van der Waals surface area (Å²) >= 11 is 0. The summed E-state index contributed by atoms with van der Waals surface area (Å²) < 4.78 is 6.19. The Morgan fingerprint density at radius 2 is 1.95 bits per heavy atom. The third-order valence-electron chi connectivity index (χ3n) is 6.43. The van der Waals surface area contributed by atoms with E-state index in [1.807, 2.05) is 43.0 Å². The molecule has 194 valence electrons. The predicted octanol–water partition coefficient (Wildman–Crippen LogP) is 3.78. The van der Waals surface area contributed by atoms with Gasteiger partial charge in [0.1, 0.15) is 12.4 Å². The number of aryl methyl sites for hydroxylation is 2. The van der Waals surface area contributed by atoms with Crippen LogP contribution in [0.5, 0.6) is 5.75 Å². The van der Waals surface area contributed by atoms with Gasteiger partial charge in [-0.25, -0.2) is 9.78 Å². The topological polar surface area (TPSA) is 121 Å². The number of nitrogens with zero attached hydrogens (tertiary/aromatic N) is 4. The first kappa shape index (κ1) is 26.0. The largest absolute Gasteiger partial charge is 0.491 e. The fraction of sp³-hybridized carbons (Fsp3) is 0.370. The molecule has 1 fully saturated rings. The number of likely N-dealkylation sites (N-methyl/N-ethyl adjacent to an activating group) is 1. The number of amides is 3. The molecule has 1 saturated heterocycles. The van der Waals surface area contributed by atoms with Gasteiger partial charge >= 0.3 is 6.03 Å². The molecule has 0 bridgehead atoms. The van der Waals surface area contributed by atoms with Crippen molar-refractivity contribution in [2.24, 2.45) is 0 Å². The van der Waals surface area contributed by atoms with E-state index >= 15 is 0 Å². The van der Waals surface area contributed by atoms with Crippen LogP contribution >= 0.6 is 0 Å². The lowest BCUT2D eigenvalue weighted by Crippen LogP contribution is -2.51. The quantitative estimate of drug-likeness (QED) is 0.428. The maximum atomic E-state index is 12.5. The van der Waals surface area contributed by atoms with E-state index in [0.717, 1.165) is 42.0 Å².